The minimum absolute atomic E-state index is 0.0569. The molecule has 1 aromatic carbocycles. The molecular formula is C24H33N5O4. The average Bonchev–Trinajstić information content (AvgIpc) is 3.02. The Labute approximate surface area is 194 Å². The normalized spacial score (nSPS) is 28.1. The summed E-state index contributed by atoms with van der Waals surface area (Å²) in [6.07, 6.45) is 5.24. The third-order valence-electron chi connectivity index (χ3n) is 7.35. The van der Waals surface area contributed by atoms with Crippen molar-refractivity contribution in [3.63, 3.8) is 0 Å². The van der Waals surface area contributed by atoms with Gasteiger partial charge in [-0.3, -0.25) is 24.2 Å². The Balaban J connectivity index is 1.31. The highest BCUT2D eigenvalue weighted by atomic mass is 16.2. The van der Waals surface area contributed by atoms with Crippen molar-refractivity contribution in [1.82, 2.24) is 15.1 Å². The van der Waals surface area contributed by atoms with Crippen LogP contribution in [-0.2, 0) is 20.9 Å². The summed E-state index contributed by atoms with van der Waals surface area (Å²) in [7, 11) is 0. The lowest BCUT2D eigenvalue weighted by molar-refractivity contribution is -0.136. The predicted octanol–water partition coefficient (Wildman–Crippen LogP) is 1.82. The lowest BCUT2D eigenvalue weighted by atomic mass is 9.73. The molecule has 0 bridgehead atoms. The first-order chi connectivity index (χ1) is 15.8. The van der Waals surface area contributed by atoms with Gasteiger partial charge in [-0.15, -0.1) is 0 Å². The van der Waals surface area contributed by atoms with Gasteiger partial charge in [0.15, 0.2) is 0 Å². The van der Waals surface area contributed by atoms with E-state index < -0.39 is 17.5 Å². The molecular weight excluding hydrogens is 422 g/mol. The lowest BCUT2D eigenvalue weighted by Crippen LogP contribution is -2.54. The van der Waals surface area contributed by atoms with E-state index in [1.165, 1.54) is 0 Å². The summed E-state index contributed by atoms with van der Waals surface area (Å²) in [5.41, 5.74) is 6.27. The second kappa shape index (κ2) is 9.51. The molecule has 5 amide bonds. The van der Waals surface area contributed by atoms with E-state index in [1.54, 1.807) is 12.1 Å². The molecule has 9 nitrogen and oxygen atoms in total. The van der Waals surface area contributed by atoms with Crippen LogP contribution in [0.25, 0.3) is 0 Å². The van der Waals surface area contributed by atoms with E-state index >= 15 is 0 Å². The molecule has 1 aromatic rings. The quantitative estimate of drug-likeness (QED) is 0.565. The van der Waals surface area contributed by atoms with Crippen LogP contribution >= 0.6 is 0 Å². The van der Waals surface area contributed by atoms with E-state index in [9.17, 15) is 19.2 Å². The molecule has 0 radical (unpaired) electrons. The molecule has 3 aliphatic rings. The first-order valence-corrected chi connectivity index (χ1v) is 11.8. The Hall–Kier alpha value is -2.94. The lowest BCUT2D eigenvalue weighted by Gasteiger charge is -2.36. The molecule has 2 heterocycles. The minimum Gasteiger partial charge on any atom is -0.369 e. The van der Waals surface area contributed by atoms with Crippen molar-refractivity contribution >= 4 is 29.4 Å². The topological polar surface area (TPSA) is 125 Å². The van der Waals surface area contributed by atoms with Gasteiger partial charge in [-0.25, -0.2) is 4.79 Å². The molecule has 1 saturated carbocycles. The monoisotopic (exact) mass is 455 g/mol. The van der Waals surface area contributed by atoms with E-state index in [2.05, 4.69) is 15.5 Å². The predicted molar refractivity (Wildman–Crippen MR) is 123 cm³/mol. The van der Waals surface area contributed by atoms with Gasteiger partial charge >= 0.3 is 6.03 Å². The van der Waals surface area contributed by atoms with Crippen molar-refractivity contribution in [2.45, 2.75) is 57.5 Å². The second-order valence-electron chi connectivity index (χ2n) is 9.66. The highest BCUT2D eigenvalue weighted by Crippen LogP contribution is 2.38. The van der Waals surface area contributed by atoms with Crippen LogP contribution in [0.4, 0.5) is 10.5 Å². The zero-order valence-electron chi connectivity index (χ0n) is 19.1. The van der Waals surface area contributed by atoms with Crippen LogP contribution in [0.15, 0.2) is 24.3 Å². The number of hydrogen-bond acceptors (Lipinski definition) is 5. The Morgan fingerprint density at radius 2 is 1.91 bits per heavy atom. The molecule has 0 aromatic heterocycles. The van der Waals surface area contributed by atoms with Gasteiger partial charge in [-0.2, -0.15) is 0 Å². The summed E-state index contributed by atoms with van der Waals surface area (Å²) < 4.78 is 0. The van der Waals surface area contributed by atoms with Gasteiger partial charge in [0, 0.05) is 18.8 Å². The van der Waals surface area contributed by atoms with Gasteiger partial charge in [0.1, 0.15) is 12.1 Å². The van der Waals surface area contributed by atoms with Crippen LogP contribution in [0.3, 0.4) is 0 Å². The Bertz CT molecular complexity index is 933. The van der Waals surface area contributed by atoms with Crippen molar-refractivity contribution in [1.29, 1.82) is 0 Å². The van der Waals surface area contributed by atoms with Crippen LogP contribution in [0, 0.1) is 11.8 Å². The fourth-order valence-electron chi connectivity index (χ4n) is 5.37. The maximum absolute atomic E-state index is 13.0. The number of carbonyl (C=O) groups excluding carboxylic acids is 4. The molecule has 3 fully saturated rings. The largest absolute Gasteiger partial charge is 0.369 e. The van der Waals surface area contributed by atoms with Gasteiger partial charge in [0.25, 0.3) is 5.91 Å². The number of nitrogens with two attached hydrogens (primary N) is 1. The first kappa shape index (κ1) is 23.2. The average molecular weight is 456 g/mol. The SMILES string of the molecule is C[C@@H]1CCCC[C@@]12NC(=O)N(CC(=O)Nc1ccc(CN3CCC[C@H](C(N)=O)C3)cc1)C2=O. The molecule has 2 aliphatic heterocycles. The standard InChI is InChI=1S/C24H33N5O4/c1-16-5-2-3-11-24(16)22(32)29(23(33)27-24)15-20(30)26-19-9-7-17(8-10-19)13-28-12-4-6-18(14-28)21(25)31/h7-10,16,18H,2-6,11-15H2,1H3,(H2,25,31)(H,26,30)(H,27,33)/t16-,18+,24-/m1/s1. The third kappa shape index (κ3) is 4.88. The van der Waals surface area contributed by atoms with Crippen LogP contribution in [0.1, 0.15) is 51.0 Å². The van der Waals surface area contributed by atoms with Gasteiger partial charge in [0.2, 0.25) is 11.8 Å². The van der Waals surface area contributed by atoms with Crippen molar-refractivity contribution in [2.24, 2.45) is 17.6 Å². The van der Waals surface area contributed by atoms with Gasteiger partial charge in [0.05, 0.1) is 5.92 Å². The van der Waals surface area contributed by atoms with E-state index in [4.69, 9.17) is 5.73 Å². The number of imide groups is 1. The smallest absolute Gasteiger partial charge is 0.325 e. The Morgan fingerprint density at radius 3 is 2.61 bits per heavy atom. The van der Waals surface area contributed by atoms with Crippen LogP contribution < -0.4 is 16.4 Å². The number of hydrogen-bond donors (Lipinski definition) is 3. The number of nitrogens with one attached hydrogen (secondary N) is 2. The van der Waals surface area contributed by atoms with E-state index in [-0.39, 0.29) is 30.2 Å². The Kier molecular flexibility index (Phi) is 6.69. The molecule has 33 heavy (non-hydrogen) atoms. The highest BCUT2D eigenvalue weighted by Gasteiger charge is 2.55. The molecule has 178 valence electrons. The summed E-state index contributed by atoms with van der Waals surface area (Å²) in [6.45, 7) is 3.98. The molecule has 0 unspecified atom stereocenters. The van der Waals surface area contributed by atoms with Crippen LogP contribution in [0.2, 0.25) is 0 Å². The van der Waals surface area contributed by atoms with E-state index in [1.807, 2.05) is 19.1 Å². The number of rotatable bonds is 6. The molecule has 1 spiro atoms. The van der Waals surface area contributed by atoms with Crippen molar-refractivity contribution < 1.29 is 19.2 Å². The van der Waals surface area contributed by atoms with Crippen LogP contribution in [-0.4, -0.2) is 58.7 Å². The van der Waals surface area contributed by atoms with Crippen molar-refractivity contribution in [3.8, 4) is 0 Å². The summed E-state index contributed by atoms with van der Waals surface area (Å²) in [6, 6.07) is 6.97. The molecule has 4 N–H and O–H groups in total. The van der Waals surface area contributed by atoms with Crippen molar-refractivity contribution in [3.05, 3.63) is 29.8 Å². The summed E-state index contributed by atoms with van der Waals surface area (Å²) in [4.78, 5) is 52.8. The molecule has 2 saturated heterocycles. The van der Waals surface area contributed by atoms with Gasteiger partial charge in [-0.05, 0) is 55.8 Å². The zero-order valence-corrected chi connectivity index (χ0v) is 19.1. The highest BCUT2D eigenvalue weighted by molar-refractivity contribution is 6.10. The minimum atomic E-state index is -0.862. The fourth-order valence-corrected chi connectivity index (χ4v) is 5.37. The number of piperidine rings is 1. The number of urea groups is 1. The number of benzene rings is 1. The number of likely N-dealkylation sites (tertiary alicyclic amines) is 1. The number of primary amides is 1. The van der Waals surface area contributed by atoms with Crippen LogP contribution in [0.5, 0.6) is 0 Å². The first-order valence-electron chi connectivity index (χ1n) is 11.8. The maximum atomic E-state index is 13.0. The number of nitrogens with zero attached hydrogens (tertiary/aromatic N) is 2. The molecule has 4 rings (SSSR count). The summed E-state index contributed by atoms with van der Waals surface area (Å²) >= 11 is 0. The van der Waals surface area contributed by atoms with Gasteiger partial charge < -0.3 is 16.4 Å². The molecule has 9 heteroatoms. The number of amides is 5. The van der Waals surface area contributed by atoms with E-state index in [0.717, 1.165) is 49.1 Å². The van der Waals surface area contributed by atoms with Crippen molar-refractivity contribution in [2.75, 3.05) is 25.0 Å². The maximum Gasteiger partial charge on any atom is 0.325 e. The Morgan fingerprint density at radius 1 is 1.15 bits per heavy atom. The number of carbonyl (C=O) groups is 4. The molecule has 1 aliphatic carbocycles. The fraction of sp³-hybridized carbons (Fsp3) is 0.583. The van der Waals surface area contributed by atoms with Gasteiger partial charge in [-0.1, -0.05) is 31.9 Å². The summed E-state index contributed by atoms with van der Waals surface area (Å²) in [5.74, 6) is -0.986. The summed E-state index contributed by atoms with van der Waals surface area (Å²) in [5, 5.41) is 5.65. The zero-order chi connectivity index (χ0) is 23.6. The second-order valence-corrected chi connectivity index (χ2v) is 9.66. The molecule has 3 atom stereocenters. The number of anilines is 1. The van der Waals surface area contributed by atoms with E-state index in [0.29, 0.717) is 25.2 Å². The third-order valence-corrected chi connectivity index (χ3v) is 7.35.